The maximum Gasteiger partial charge on any atom is 0.224 e. The molecule has 0 bridgehead atoms. The molecule has 2 rings (SSSR count). The van der Waals surface area contributed by atoms with Crippen molar-refractivity contribution in [3.8, 4) is 0 Å². The molecule has 0 radical (unpaired) electrons. The Hall–Kier alpha value is -2.36. The topological polar surface area (TPSA) is 55.1 Å². The molecule has 0 heterocycles. The molecular weight excluding hydrogens is 255 g/mol. The van der Waals surface area contributed by atoms with Gasteiger partial charge >= 0.3 is 0 Å². The smallest absolute Gasteiger partial charge is 0.224 e. The molecule has 0 aromatic heterocycles. The van der Waals surface area contributed by atoms with Crippen LogP contribution in [0.4, 0.5) is 15.8 Å². The lowest BCUT2D eigenvalue weighted by molar-refractivity contribution is -0.116. The van der Waals surface area contributed by atoms with Crippen LogP contribution in [-0.4, -0.2) is 5.91 Å². The van der Waals surface area contributed by atoms with E-state index in [2.05, 4.69) is 11.4 Å². The number of carbonyl (C=O) groups is 1. The standard InChI is InChI=1S/C16H17FN2O/c1-11-3-2-4-12(9-11)5-8-16(20)19-15-7-6-13(17)10-14(15)18/h2-4,6-7,9-10H,5,8,18H2,1H3,(H,19,20). The quantitative estimate of drug-likeness (QED) is 0.839. The third-order valence-electron chi connectivity index (χ3n) is 3.01. The number of benzene rings is 2. The average molecular weight is 272 g/mol. The zero-order valence-corrected chi connectivity index (χ0v) is 11.3. The zero-order chi connectivity index (χ0) is 14.5. The van der Waals surface area contributed by atoms with Gasteiger partial charge in [-0.05, 0) is 37.1 Å². The second-order valence-electron chi connectivity index (χ2n) is 4.77. The predicted molar refractivity (Wildman–Crippen MR) is 78.9 cm³/mol. The summed E-state index contributed by atoms with van der Waals surface area (Å²) in [6.45, 7) is 2.02. The molecule has 0 spiro atoms. The van der Waals surface area contributed by atoms with Gasteiger partial charge in [-0.2, -0.15) is 0 Å². The van der Waals surface area contributed by atoms with Crippen LogP contribution in [0.1, 0.15) is 17.5 Å². The molecule has 0 aliphatic heterocycles. The first-order valence-corrected chi connectivity index (χ1v) is 6.45. The molecular formula is C16H17FN2O. The van der Waals surface area contributed by atoms with Crippen LogP contribution in [0.3, 0.4) is 0 Å². The number of hydrogen-bond acceptors (Lipinski definition) is 2. The molecule has 0 saturated heterocycles. The summed E-state index contributed by atoms with van der Waals surface area (Å²) in [5.41, 5.74) is 8.61. The summed E-state index contributed by atoms with van der Waals surface area (Å²) < 4.78 is 12.9. The number of rotatable bonds is 4. The lowest BCUT2D eigenvalue weighted by Gasteiger charge is -2.08. The molecule has 104 valence electrons. The fourth-order valence-corrected chi connectivity index (χ4v) is 1.99. The molecule has 3 nitrogen and oxygen atoms in total. The van der Waals surface area contributed by atoms with Crippen LogP contribution in [0.5, 0.6) is 0 Å². The minimum Gasteiger partial charge on any atom is -0.397 e. The van der Waals surface area contributed by atoms with Crippen LogP contribution in [0.25, 0.3) is 0 Å². The normalized spacial score (nSPS) is 10.3. The highest BCUT2D eigenvalue weighted by atomic mass is 19.1. The van der Waals surface area contributed by atoms with Crippen LogP contribution < -0.4 is 11.1 Å². The highest BCUT2D eigenvalue weighted by molar-refractivity contribution is 5.93. The Labute approximate surface area is 117 Å². The molecule has 0 aliphatic rings. The van der Waals surface area contributed by atoms with Crippen molar-refractivity contribution >= 4 is 17.3 Å². The first-order chi connectivity index (χ1) is 9.54. The van der Waals surface area contributed by atoms with Crippen LogP contribution >= 0.6 is 0 Å². The molecule has 20 heavy (non-hydrogen) atoms. The number of nitrogens with two attached hydrogens (primary N) is 1. The molecule has 0 fully saturated rings. The van der Waals surface area contributed by atoms with E-state index in [-0.39, 0.29) is 11.6 Å². The zero-order valence-electron chi connectivity index (χ0n) is 11.3. The maximum absolute atomic E-state index is 12.9. The van der Waals surface area contributed by atoms with Gasteiger partial charge in [0.05, 0.1) is 11.4 Å². The van der Waals surface area contributed by atoms with Crippen molar-refractivity contribution in [2.24, 2.45) is 0 Å². The van der Waals surface area contributed by atoms with Gasteiger partial charge in [0.25, 0.3) is 0 Å². The van der Waals surface area contributed by atoms with Crippen molar-refractivity contribution < 1.29 is 9.18 Å². The van der Waals surface area contributed by atoms with Gasteiger partial charge < -0.3 is 11.1 Å². The molecule has 0 aliphatic carbocycles. The van der Waals surface area contributed by atoms with E-state index in [0.29, 0.717) is 18.5 Å². The summed E-state index contributed by atoms with van der Waals surface area (Å²) in [6.07, 6.45) is 1.02. The SMILES string of the molecule is Cc1cccc(CCC(=O)Nc2ccc(F)cc2N)c1. The van der Waals surface area contributed by atoms with Gasteiger partial charge in [0.1, 0.15) is 5.82 Å². The number of nitrogens with one attached hydrogen (secondary N) is 1. The highest BCUT2D eigenvalue weighted by Crippen LogP contribution is 2.19. The Bertz CT molecular complexity index is 626. The molecule has 3 N–H and O–H groups in total. The molecule has 0 atom stereocenters. The number of amides is 1. The van der Waals surface area contributed by atoms with E-state index >= 15 is 0 Å². The Morgan fingerprint density at radius 3 is 2.75 bits per heavy atom. The number of hydrogen-bond donors (Lipinski definition) is 2. The van der Waals surface area contributed by atoms with E-state index in [9.17, 15) is 9.18 Å². The lowest BCUT2D eigenvalue weighted by Crippen LogP contribution is -2.13. The van der Waals surface area contributed by atoms with Crippen LogP contribution in [0, 0.1) is 12.7 Å². The number of carbonyl (C=O) groups excluding carboxylic acids is 1. The average Bonchev–Trinajstić information content (AvgIpc) is 2.40. The molecule has 0 saturated carbocycles. The van der Waals surface area contributed by atoms with E-state index in [1.54, 1.807) is 0 Å². The Morgan fingerprint density at radius 2 is 2.05 bits per heavy atom. The summed E-state index contributed by atoms with van der Waals surface area (Å²) >= 11 is 0. The van der Waals surface area contributed by atoms with Gasteiger partial charge in [-0.1, -0.05) is 29.8 Å². The number of halogens is 1. The second-order valence-corrected chi connectivity index (χ2v) is 4.77. The van der Waals surface area contributed by atoms with Crippen molar-refractivity contribution in [2.75, 3.05) is 11.1 Å². The number of anilines is 2. The summed E-state index contributed by atoms with van der Waals surface area (Å²) in [5, 5.41) is 2.69. The third kappa shape index (κ3) is 3.82. The Morgan fingerprint density at radius 1 is 1.25 bits per heavy atom. The summed E-state index contributed by atoms with van der Waals surface area (Å²) in [7, 11) is 0. The summed E-state index contributed by atoms with van der Waals surface area (Å²) in [4.78, 5) is 11.8. The minimum absolute atomic E-state index is 0.134. The van der Waals surface area contributed by atoms with Crippen LogP contribution in [0.15, 0.2) is 42.5 Å². The molecule has 2 aromatic carbocycles. The van der Waals surface area contributed by atoms with Crippen molar-refractivity contribution in [1.29, 1.82) is 0 Å². The largest absolute Gasteiger partial charge is 0.397 e. The van der Waals surface area contributed by atoms with E-state index in [1.807, 2.05) is 25.1 Å². The molecule has 2 aromatic rings. The van der Waals surface area contributed by atoms with Gasteiger partial charge in [-0.25, -0.2) is 4.39 Å². The maximum atomic E-state index is 12.9. The van der Waals surface area contributed by atoms with Gasteiger partial charge in [-0.15, -0.1) is 0 Å². The fourth-order valence-electron chi connectivity index (χ4n) is 1.99. The first kappa shape index (κ1) is 14.1. The highest BCUT2D eigenvalue weighted by Gasteiger charge is 2.06. The van der Waals surface area contributed by atoms with Gasteiger partial charge in [0.15, 0.2) is 0 Å². The van der Waals surface area contributed by atoms with E-state index in [4.69, 9.17) is 5.73 Å². The van der Waals surface area contributed by atoms with E-state index in [0.717, 1.165) is 5.56 Å². The third-order valence-corrected chi connectivity index (χ3v) is 3.01. The summed E-state index contributed by atoms with van der Waals surface area (Å²) in [5.74, 6) is -0.551. The van der Waals surface area contributed by atoms with Gasteiger partial charge in [0, 0.05) is 6.42 Å². The Kier molecular flexibility index (Phi) is 4.35. The van der Waals surface area contributed by atoms with Crippen molar-refractivity contribution in [3.63, 3.8) is 0 Å². The van der Waals surface area contributed by atoms with Crippen molar-refractivity contribution in [1.82, 2.24) is 0 Å². The van der Waals surface area contributed by atoms with E-state index < -0.39 is 5.82 Å². The van der Waals surface area contributed by atoms with Gasteiger partial charge in [-0.3, -0.25) is 4.79 Å². The lowest BCUT2D eigenvalue weighted by atomic mass is 10.1. The Balaban J connectivity index is 1.92. The van der Waals surface area contributed by atoms with Crippen molar-refractivity contribution in [2.45, 2.75) is 19.8 Å². The molecule has 0 unspecified atom stereocenters. The first-order valence-electron chi connectivity index (χ1n) is 6.45. The monoisotopic (exact) mass is 272 g/mol. The predicted octanol–water partition coefficient (Wildman–Crippen LogP) is 3.29. The van der Waals surface area contributed by atoms with Gasteiger partial charge in [0.2, 0.25) is 5.91 Å². The summed E-state index contributed by atoms with van der Waals surface area (Å²) in [6, 6.07) is 12.0. The van der Waals surface area contributed by atoms with E-state index in [1.165, 1.54) is 23.8 Å². The van der Waals surface area contributed by atoms with Crippen molar-refractivity contribution in [3.05, 3.63) is 59.4 Å². The van der Waals surface area contributed by atoms with Crippen LogP contribution in [0.2, 0.25) is 0 Å². The number of aryl methyl sites for hydroxylation is 2. The fraction of sp³-hybridized carbons (Fsp3) is 0.188. The number of nitrogen functional groups attached to an aromatic ring is 1. The molecule has 1 amide bonds. The second kappa shape index (κ2) is 6.19. The minimum atomic E-state index is -0.416. The van der Waals surface area contributed by atoms with Crippen LogP contribution in [-0.2, 0) is 11.2 Å². The molecule has 4 heteroatoms.